The zero-order valence-electron chi connectivity index (χ0n) is 10.5. The maximum absolute atomic E-state index is 13.5. The summed E-state index contributed by atoms with van der Waals surface area (Å²) in [5.74, 6) is -0.328. The van der Waals surface area contributed by atoms with Crippen molar-refractivity contribution in [1.82, 2.24) is 0 Å². The first-order valence-electron chi connectivity index (χ1n) is 6.04. The minimum absolute atomic E-state index is 0.0886. The normalized spacial score (nSPS) is 17.7. The van der Waals surface area contributed by atoms with Gasteiger partial charge in [0.25, 0.3) is 0 Å². The highest BCUT2D eigenvalue weighted by atomic mass is 32.2. The van der Waals surface area contributed by atoms with Crippen LogP contribution in [0.25, 0.3) is 0 Å². The number of hydrogen-bond acceptors (Lipinski definition) is 3. The maximum atomic E-state index is 13.5. The van der Waals surface area contributed by atoms with Crippen LogP contribution in [-0.4, -0.2) is 16.5 Å². The number of thioether (sulfide) groups is 1. The summed E-state index contributed by atoms with van der Waals surface area (Å²) in [7, 11) is 0. The third kappa shape index (κ3) is 2.51. The van der Waals surface area contributed by atoms with Gasteiger partial charge in [-0.2, -0.15) is 0 Å². The van der Waals surface area contributed by atoms with Gasteiger partial charge in [0.15, 0.2) is 5.17 Å². The molecule has 0 radical (unpaired) electrons. The van der Waals surface area contributed by atoms with Crippen LogP contribution < -0.4 is 5.32 Å². The number of amidine groups is 1. The van der Waals surface area contributed by atoms with Crippen LogP contribution in [0.5, 0.6) is 0 Å². The Kier molecular flexibility index (Phi) is 3.90. The molecular formula is C13H16F2N2S. The first-order chi connectivity index (χ1) is 8.60. The third-order valence-electron chi connectivity index (χ3n) is 3.33. The predicted octanol–water partition coefficient (Wildman–Crippen LogP) is 4.04. The summed E-state index contributed by atoms with van der Waals surface area (Å²) in [5, 5.41) is 3.36. The smallest absolute Gasteiger partial charge is 0.161 e. The molecule has 1 aliphatic heterocycles. The van der Waals surface area contributed by atoms with E-state index in [-0.39, 0.29) is 11.2 Å². The van der Waals surface area contributed by atoms with Gasteiger partial charge in [-0.1, -0.05) is 31.7 Å². The van der Waals surface area contributed by atoms with Crippen LogP contribution in [0.4, 0.5) is 14.5 Å². The van der Waals surface area contributed by atoms with Gasteiger partial charge in [-0.05, 0) is 25.0 Å². The van der Waals surface area contributed by atoms with Gasteiger partial charge in [-0.3, -0.25) is 4.99 Å². The molecule has 1 aromatic carbocycles. The highest BCUT2D eigenvalue weighted by Gasteiger charge is 2.32. The Balaban J connectivity index is 2.21. The van der Waals surface area contributed by atoms with Crippen molar-refractivity contribution in [3.8, 4) is 0 Å². The van der Waals surface area contributed by atoms with Crippen LogP contribution in [0.1, 0.15) is 26.7 Å². The van der Waals surface area contributed by atoms with Crippen molar-refractivity contribution >= 4 is 22.6 Å². The van der Waals surface area contributed by atoms with E-state index in [0.717, 1.165) is 18.6 Å². The molecule has 0 spiro atoms. The molecule has 5 heteroatoms. The van der Waals surface area contributed by atoms with Gasteiger partial charge < -0.3 is 5.32 Å². The summed E-state index contributed by atoms with van der Waals surface area (Å²) < 4.78 is 27.0. The lowest BCUT2D eigenvalue weighted by Gasteiger charge is -2.20. The third-order valence-corrected chi connectivity index (χ3v) is 4.48. The summed E-state index contributed by atoms with van der Waals surface area (Å²) in [6.45, 7) is 4.17. The first-order valence-corrected chi connectivity index (χ1v) is 7.02. The molecule has 1 N–H and O–H groups in total. The average Bonchev–Trinajstić information content (AvgIpc) is 2.78. The Morgan fingerprint density at radius 2 is 1.89 bits per heavy atom. The summed E-state index contributed by atoms with van der Waals surface area (Å²) in [5.41, 5.74) is -0.207. The van der Waals surface area contributed by atoms with Crippen molar-refractivity contribution in [1.29, 1.82) is 0 Å². The zero-order valence-corrected chi connectivity index (χ0v) is 11.3. The van der Waals surface area contributed by atoms with Gasteiger partial charge >= 0.3 is 0 Å². The van der Waals surface area contributed by atoms with Gasteiger partial charge in [0.1, 0.15) is 17.3 Å². The molecule has 0 unspecified atom stereocenters. The van der Waals surface area contributed by atoms with Gasteiger partial charge in [0.2, 0.25) is 0 Å². The maximum Gasteiger partial charge on any atom is 0.161 e. The number of anilines is 1. The minimum Gasteiger partial charge on any atom is -0.330 e. The fraction of sp³-hybridized carbons (Fsp3) is 0.462. The van der Waals surface area contributed by atoms with Crippen LogP contribution in [0.15, 0.2) is 23.2 Å². The van der Waals surface area contributed by atoms with E-state index in [2.05, 4.69) is 24.2 Å². The zero-order chi connectivity index (χ0) is 13.2. The Morgan fingerprint density at radius 3 is 2.39 bits per heavy atom. The van der Waals surface area contributed by atoms with Gasteiger partial charge in [0, 0.05) is 5.75 Å². The predicted molar refractivity (Wildman–Crippen MR) is 73.2 cm³/mol. The van der Waals surface area contributed by atoms with Crippen molar-refractivity contribution in [2.24, 2.45) is 4.99 Å². The number of benzene rings is 1. The molecule has 0 aliphatic carbocycles. The van der Waals surface area contributed by atoms with E-state index >= 15 is 0 Å². The number of para-hydroxylation sites is 1. The van der Waals surface area contributed by atoms with Crippen LogP contribution in [0.2, 0.25) is 0 Å². The fourth-order valence-corrected chi connectivity index (χ4v) is 3.19. The van der Waals surface area contributed by atoms with E-state index in [0.29, 0.717) is 5.17 Å². The van der Waals surface area contributed by atoms with E-state index in [1.165, 1.54) is 30.0 Å². The standard InChI is InChI=1S/C13H16F2N2S/c1-3-13(4-2)8-18-12(17-13)16-11-9(14)6-5-7-10(11)15/h5-7H,3-4,8H2,1-2H3,(H,16,17). The van der Waals surface area contributed by atoms with Crippen molar-refractivity contribution in [3.63, 3.8) is 0 Å². The van der Waals surface area contributed by atoms with E-state index in [1.54, 1.807) is 0 Å². The second kappa shape index (κ2) is 5.26. The second-order valence-corrected chi connectivity index (χ2v) is 5.32. The fourth-order valence-electron chi connectivity index (χ4n) is 1.88. The minimum atomic E-state index is -0.594. The molecule has 0 saturated carbocycles. The Labute approximate surface area is 110 Å². The molecule has 98 valence electrons. The summed E-state index contributed by atoms with van der Waals surface area (Å²) in [6.07, 6.45) is 1.86. The summed E-state index contributed by atoms with van der Waals surface area (Å²) in [4.78, 5) is 4.57. The van der Waals surface area contributed by atoms with Crippen LogP contribution >= 0.6 is 11.8 Å². The number of nitrogens with zero attached hydrogens (tertiary/aromatic N) is 1. The van der Waals surface area contributed by atoms with Gasteiger partial charge in [0.05, 0.1) is 5.54 Å². The molecule has 0 amide bonds. The van der Waals surface area contributed by atoms with Crippen LogP contribution in [-0.2, 0) is 0 Å². The topological polar surface area (TPSA) is 24.4 Å². The van der Waals surface area contributed by atoms with Crippen molar-refractivity contribution in [2.45, 2.75) is 32.2 Å². The van der Waals surface area contributed by atoms with E-state index in [1.807, 2.05) is 0 Å². The molecule has 2 nitrogen and oxygen atoms in total. The lowest BCUT2D eigenvalue weighted by atomic mass is 9.97. The summed E-state index contributed by atoms with van der Waals surface area (Å²) in [6, 6.07) is 3.82. The number of aliphatic imine (C=N–C) groups is 1. The largest absolute Gasteiger partial charge is 0.330 e. The molecule has 0 atom stereocenters. The SMILES string of the molecule is CCC1(CC)CSC(Nc2c(F)cccc2F)=N1. The number of hydrogen-bond donors (Lipinski definition) is 1. The van der Waals surface area contributed by atoms with E-state index in [4.69, 9.17) is 0 Å². The average molecular weight is 270 g/mol. The second-order valence-electron chi connectivity index (χ2n) is 4.36. The monoisotopic (exact) mass is 270 g/mol. The molecule has 0 fully saturated rings. The molecule has 0 saturated heterocycles. The molecule has 18 heavy (non-hydrogen) atoms. The molecule has 1 aromatic rings. The van der Waals surface area contributed by atoms with Crippen molar-refractivity contribution < 1.29 is 8.78 Å². The Morgan fingerprint density at radius 1 is 1.28 bits per heavy atom. The van der Waals surface area contributed by atoms with Gasteiger partial charge in [-0.25, -0.2) is 8.78 Å². The lowest BCUT2D eigenvalue weighted by Crippen LogP contribution is -2.24. The molecular weight excluding hydrogens is 254 g/mol. The molecule has 2 rings (SSSR count). The molecule has 1 heterocycles. The molecule has 0 aromatic heterocycles. The lowest BCUT2D eigenvalue weighted by molar-refractivity contribution is 0.456. The van der Waals surface area contributed by atoms with E-state index < -0.39 is 11.6 Å². The molecule has 1 aliphatic rings. The first kappa shape index (κ1) is 13.3. The molecule has 0 bridgehead atoms. The van der Waals surface area contributed by atoms with Gasteiger partial charge in [-0.15, -0.1) is 0 Å². The number of nitrogens with one attached hydrogen (secondary N) is 1. The van der Waals surface area contributed by atoms with Crippen molar-refractivity contribution in [2.75, 3.05) is 11.1 Å². The number of halogens is 2. The summed E-state index contributed by atoms with van der Waals surface area (Å²) >= 11 is 1.52. The Hall–Kier alpha value is -1.10. The van der Waals surface area contributed by atoms with Crippen LogP contribution in [0, 0.1) is 11.6 Å². The highest BCUT2D eigenvalue weighted by Crippen LogP contribution is 2.34. The van der Waals surface area contributed by atoms with Crippen molar-refractivity contribution in [3.05, 3.63) is 29.8 Å². The highest BCUT2D eigenvalue weighted by molar-refractivity contribution is 8.14. The number of rotatable bonds is 3. The van der Waals surface area contributed by atoms with E-state index in [9.17, 15) is 8.78 Å². The van der Waals surface area contributed by atoms with Crippen LogP contribution in [0.3, 0.4) is 0 Å². The Bertz CT molecular complexity index is 450. The quantitative estimate of drug-likeness (QED) is 0.896.